The van der Waals surface area contributed by atoms with E-state index in [0.717, 1.165) is 17.5 Å². The molecule has 3 rings (SSSR count). The minimum atomic E-state index is -0.158. The van der Waals surface area contributed by atoms with Crippen molar-refractivity contribution in [1.29, 1.82) is 0 Å². The van der Waals surface area contributed by atoms with Crippen molar-refractivity contribution in [3.8, 4) is 0 Å². The highest BCUT2D eigenvalue weighted by Gasteiger charge is 2.23. The summed E-state index contributed by atoms with van der Waals surface area (Å²) in [4.78, 5) is 33.0. The van der Waals surface area contributed by atoms with E-state index in [4.69, 9.17) is 4.74 Å². The second-order valence-corrected chi connectivity index (χ2v) is 8.67. The van der Waals surface area contributed by atoms with Crippen molar-refractivity contribution < 1.29 is 14.3 Å². The molecule has 2 amide bonds. The van der Waals surface area contributed by atoms with Gasteiger partial charge in [0.25, 0.3) is 0 Å². The van der Waals surface area contributed by atoms with E-state index < -0.39 is 0 Å². The maximum atomic E-state index is 13.4. The van der Waals surface area contributed by atoms with Gasteiger partial charge in [-0.15, -0.1) is 0 Å². The predicted molar refractivity (Wildman–Crippen MR) is 132 cm³/mol. The molecule has 2 aromatic carbocycles. The molecule has 0 bridgehead atoms. The molecule has 0 unspecified atom stereocenters. The van der Waals surface area contributed by atoms with Crippen LogP contribution in [-0.4, -0.2) is 59.9 Å². The number of aromatic nitrogens is 1. The average Bonchev–Trinajstić information content (AvgIpc) is 3.24. The summed E-state index contributed by atoms with van der Waals surface area (Å²) in [6.07, 6.45) is 3.47. The fraction of sp³-hybridized carbons (Fsp3) is 0.407. The zero-order valence-corrected chi connectivity index (χ0v) is 19.9. The van der Waals surface area contributed by atoms with Crippen LogP contribution in [0.4, 0.5) is 0 Å². The highest BCUT2D eigenvalue weighted by atomic mass is 16.5. The van der Waals surface area contributed by atoms with Crippen molar-refractivity contribution in [2.75, 3.05) is 33.4 Å². The molecule has 0 saturated carbocycles. The topological polar surface area (TPSA) is 65.6 Å². The normalized spacial score (nSPS) is 11.2. The Kier molecular flexibility index (Phi) is 9.07. The minimum absolute atomic E-state index is 0.00394. The van der Waals surface area contributed by atoms with E-state index in [0.29, 0.717) is 32.7 Å². The lowest BCUT2D eigenvalue weighted by Crippen LogP contribution is -2.45. The molecule has 1 aromatic heterocycles. The van der Waals surface area contributed by atoms with Gasteiger partial charge in [-0.05, 0) is 30.0 Å². The van der Waals surface area contributed by atoms with Crippen LogP contribution in [0.5, 0.6) is 0 Å². The number of nitrogens with zero attached hydrogens (tertiary/aromatic N) is 2. The zero-order chi connectivity index (χ0) is 23.6. The molecule has 0 aliphatic carbocycles. The molecule has 0 aliphatic heterocycles. The van der Waals surface area contributed by atoms with E-state index in [2.05, 4.69) is 17.1 Å². The van der Waals surface area contributed by atoms with Gasteiger partial charge in [-0.3, -0.25) is 9.59 Å². The van der Waals surface area contributed by atoms with Gasteiger partial charge in [-0.1, -0.05) is 62.4 Å². The number of carbonyl (C=O) groups excluding carboxylic acids is 2. The van der Waals surface area contributed by atoms with E-state index in [9.17, 15) is 9.59 Å². The maximum absolute atomic E-state index is 13.4. The summed E-state index contributed by atoms with van der Waals surface area (Å²) in [5.41, 5.74) is 3.36. The Morgan fingerprint density at radius 2 is 1.70 bits per heavy atom. The summed E-state index contributed by atoms with van der Waals surface area (Å²) in [6.45, 7) is 5.99. The number of aromatic amines is 1. The van der Waals surface area contributed by atoms with E-state index in [-0.39, 0.29) is 24.3 Å². The lowest BCUT2D eigenvalue weighted by atomic mass is 10.1. The zero-order valence-electron chi connectivity index (χ0n) is 19.9. The van der Waals surface area contributed by atoms with Crippen LogP contribution in [0.25, 0.3) is 10.9 Å². The van der Waals surface area contributed by atoms with Gasteiger partial charge < -0.3 is 19.5 Å². The standard InChI is InChI=1S/C27H35N3O3/c1-21(2)27(32)30(15-9-17-33-3)20-26(31)29(19-22-10-5-4-6-11-22)16-14-23-18-28-25-13-8-7-12-24(23)25/h4-8,10-13,18,21,28H,9,14-17,19-20H2,1-3H3. The smallest absolute Gasteiger partial charge is 0.242 e. The van der Waals surface area contributed by atoms with Crippen LogP contribution in [0.3, 0.4) is 0 Å². The SMILES string of the molecule is COCCCN(CC(=O)N(CCc1c[nH]c2ccccc12)Cc1ccccc1)C(=O)C(C)C. The second kappa shape index (κ2) is 12.2. The monoisotopic (exact) mass is 449 g/mol. The lowest BCUT2D eigenvalue weighted by Gasteiger charge is -2.29. The first kappa shape index (κ1) is 24.5. The van der Waals surface area contributed by atoms with Gasteiger partial charge in [0.05, 0.1) is 6.54 Å². The van der Waals surface area contributed by atoms with Gasteiger partial charge in [0.2, 0.25) is 11.8 Å². The number of benzene rings is 2. The molecule has 0 radical (unpaired) electrons. The largest absolute Gasteiger partial charge is 0.385 e. The number of nitrogens with one attached hydrogen (secondary N) is 1. The average molecular weight is 450 g/mol. The van der Waals surface area contributed by atoms with E-state index in [1.165, 1.54) is 10.9 Å². The van der Waals surface area contributed by atoms with Crippen molar-refractivity contribution in [3.05, 3.63) is 71.9 Å². The lowest BCUT2D eigenvalue weighted by molar-refractivity contribution is -0.142. The van der Waals surface area contributed by atoms with Crippen LogP contribution in [0.1, 0.15) is 31.4 Å². The van der Waals surface area contributed by atoms with Gasteiger partial charge in [0.15, 0.2) is 0 Å². The number of carbonyl (C=O) groups is 2. The molecule has 0 aliphatic rings. The van der Waals surface area contributed by atoms with Gasteiger partial charge >= 0.3 is 0 Å². The van der Waals surface area contributed by atoms with Gasteiger partial charge in [-0.2, -0.15) is 0 Å². The van der Waals surface area contributed by atoms with Crippen LogP contribution in [-0.2, 0) is 27.3 Å². The molecule has 6 nitrogen and oxygen atoms in total. The minimum Gasteiger partial charge on any atom is -0.385 e. The van der Waals surface area contributed by atoms with Gasteiger partial charge in [-0.25, -0.2) is 0 Å². The summed E-state index contributed by atoms with van der Waals surface area (Å²) < 4.78 is 5.14. The molecular formula is C27H35N3O3. The number of rotatable bonds is 12. The highest BCUT2D eigenvalue weighted by molar-refractivity contribution is 5.86. The van der Waals surface area contributed by atoms with Crippen molar-refractivity contribution in [1.82, 2.24) is 14.8 Å². The Morgan fingerprint density at radius 3 is 2.42 bits per heavy atom. The Morgan fingerprint density at radius 1 is 0.970 bits per heavy atom. The van der Waals surface area contributed by atoms with E-state index >= 15 is 0 Å². The van der Waals surface area contributed by atoms with E-state index in [1.807, 2.05) is 67.4 Å². The number of fused-ring (bicyclic) bond motifs is 1. The van der Waals surface area contributed by atoms with Crippen LogP contribution < -0.4 is 0 Å². The fourth-order valence-corrected chi connectivity index (χ4v) is 3.98. The number of amides is 2. The molecule has 0 saturated heterocycles. The Bertz CT molecular complexity index is 1030. The molecule has 1 N–H and O–H groups in total. The van der Waals surface area contributed by atoms with Crippen molar-refractivity contribution in [3.63, 3.8) is 0 Å². The first-order chi connectivity index (χ1) is 16.0. The third kappa shape index (κ3) is 6.93. The summed E-state index contributed by atoms with van der Waals surface area (Å²) >= 11 is 0. The maximum Gasteiger partial charge on any atom is 0.242 e. The molecule has 0 fully saturated rings. The molecule has 1 heterocycles. The third-order valence-electron chi connectivity index (χ3n) is 5.80. The van der Waals surface area contributed by atoms with E-state index in [1.54, 1.807) is 12.0 Å². The molecule has 6 heteroatoms. The van der Waals surface area contributed by atoms with Crippen LogP contribution in [0.2, 0.25) is 0 Å². The number of hydrogen-bond donors (Lipinski definition) is 1. The summed E-state index contributed by atoms with van der Waals surface area (Å²) in [5.74, 6) is -0.199. The molecular weight excluding hydrogens is 414 g/mol. The third-order valence-corrected chi connectivity index (χ3v) is 5.80. The van der Waals surface area contributed by atoms with Crippen molar-refractivity contribution >= 4 is 22.7 Å². The Labute approximate surface area is 196 Å². The summed E-state index contributed by atoms with van der Waals surface area (Å²) in [7, 11) is 1.64. The number of para-hydroxylation sites is 1. The molecule has 0 spiro atoms. The van der Waals surface area contributed by atoms with Crippen LogP contribution in [0.15, 0.2) is 60.8 Å². The quantitative estimate of drug-likeness (QED) is 0.420. The first-order valence-corrected chi connectivity index (χ1v) is 11.6. The predicted octanol–water partition coefficient (Wildman–Crippen LogP) is 4.26. The van der Waals surface area contributed by atoms with Crippen molar-refractivity contribution in [2.24, 2.45) is 5.92 Å². The summed E-state index contributed by atoms with van der Waals surface area (Å²) in [6, 6.07) is 18.2. The van der Waals surface area contributed by atoms with Crippen LogP contribution in [0, 0.1) is 5.92 Å². The highest BCUT2D eigenvalue weighted by Crippen LogP contribution is 2.19. The van der Waals surface area contributed by atoms with Crippen molar-refractivity contribution in [2.45, 2.75) is 33.2 Å². The molecule has 33 heavy (non-hydrogen) atoms. The van der Waals surface area contributed by atoms with Gasteiger partial charge in [0, 0.05) is 56.4 Å². The first-order valence-electron chi connectivity index (χ1n) is 11.6. The van der Waals surface area contributed by atoms with Gasteiger partial charge in [0.1, 0.15) is 0 Å². The number of H-pyrrole nitrogens is 1. The Balaban J connectivity index is 1.75. The molecule has 3 aromatic rings. The Hall–Kier alpha value is -3.12. The summed E-state index contributed by atoms with van der Waals surface area (Å²) in [5, 5.41) is 1.18. The number of ether oxygens (including phenoxy) is 1. The number of hydrogen-bond acceptors (Lipinski definition) is 3. The second-order valence-electron chi connectivity index (χ2n) is 8.67. The molecule has 176 valence electrons. The van der Waals surface area contributed by atoms with Crippen LogP contribution >= 0.6 is 0 Å². The fourth-order valence-electron chi connectivity index (χ4n) is 3.98. The number of methoxy groups -OCH3 is 1. The molecule has 0 atom stereocenters.